The molecule has 0 fully saturated rings. The van der Waals surface area contributed by atoms with Gasteiger partial charge in [0, 0.05) is 5.69 Å². The number of methoxy groups -OCH3 is 1. The maximum atomic E-state index is 13.2. The van der Waals surface area contributed by atoms with Gasteiger partial charge < -0.3 is 24.1 Å². The molecule has 2 heterocycles. The fourth-order valence-corrected chi connectivity index (χ4v) is 3.42. The predicted octanol–water partition coefficient (Wildman–Crippen LogP) is 4.45. The first kappa shape index (κ1) is 18.0. The van der Waals surface area contributed by atoms with E-state index in [-0.39, 0.29) is 12.1 Å². The van der Waals surface area contributed by atoms with Gasteiger partial charge in [0.25, 0.3) is 5.91 Å². The minimum absolute atomic E-state index is 0.0522. The lowest BCUT2D eigenvalue weighted by atomic mass is 10.0. The minimum atomic E-state index is -0.364. The predicted molar refractivity (Wildman–Crippen MR) is 106 cm³/mol. The first-order valence-corrected chi connectivity index (χ1v) is 9.21. The number of nitrogens with zero attached hydrogens (tertiary/aromatic N) is 1. The zero-order valence-electron chi connectivity index (χ0n) is 15.8. The minimum Gasteiger partial charge on any atom is -0.493 e. The van der Waals surface area contributed by atoms with E-state index >= 15 is 0 Å². The fraction of sp³-hybridized carbons (Fsp3) is 0.227. The highest BCUT2D eigenvalue weighted by Gasteiger charge is 2.33. The highest BCUT2D eigenvalue weighted by atomic mass is 16.5. The van der Waals surface area contributed by atoms with Gasteiger partial charge in [-0.1, -0.05) is 18.2 Å². The Balaban J connectivity index is 1.75. The summed E-state index contributed by atoms with van der Waals surface area (Å²) in [5, 5.41) is 3.48. The molecule has 1 aromatic heterocycles. The van der Waals surface area contributed by atoms with E-state index in [2.05, 4.69) is 5.32 Å². The summed E-state index contributed by atoms with van der Waals surface area (Å²) in [6, 6.07) is 16.9. The van der Waals surface area contributed by atoms with Crippen LogP contribution in [-0.4, -0.2) is 24.5 Å². The lowest BCUT2D eigenvalue weighted by Crippen LogP contribution is -2.42. The van der Waals surface area contributed by atoms with Crippen molar-refractivity contribution in [1.82, 2.24) is 4.90 Å². The Morgan fingerprint density at radius 1 is 1.11 bits per heavy atom. The van der Waals surface area contributed by atoms with Gasteiger partial charge in [0.05, 0.1) is 32.1 Å². The second kappa shape index (κ2) is 7.68. The first-order valence-electron chi connectivity index (χ1n) is 9.21. The molecule has 1 N–H and O–H groups in total. The van der Waals surface area contributed by atoms with E-state index in [0.29, 0.717) is 30.2 Å². The molecule has 0 saturated heterocycles. The molecular formula is C22H22N2O4. The van der Waals surface area contributed by atoms with Gasteiger partial charge >= 0.3 is 0 Å². The summed E-state index contributed by atoms with van der Waals surface area (Å²) in [6.45, 7) is 2.83. The van der Waals surface area contributed by atoms with Gasteiger partial charge in [-0.15, -0.1) is 0 Å². The molecule has 0 bridgehead atoms. The van der Waals surface area contributed by atoms with Crippen LogP contribution in [0.4, 0.5) is 5.69 Å². The molecule has 28 heavy (non-hydrogen) atoms. The number of ether oxygens (including phenoxy) is 2. The van der Waals surface area contributed by atoms with Crippen molar-refractivity contribution in [2.45, 2.75) is 19.6 Å². The molecule has 6 heteroatoms. The van der Waals surface area contributed by atoms with E-state index in [4.69, 9.17) is 13.9 Å². The van der Waals surface area contributed by atoms with E-state index in [0.717, 1.165) is 17.0 Å². The largest absolute Gasteiger partial charge is 0.493 e. The molecule has 1 atom stereocenters. The zero-order valence-corrected chi connectivity index (χ0v) is 15.8. The van der Waals surface area contributed by atoms with Gasteiger partial charge in [0.2, 0.25) is 0 Å². The number of hydrogen-bond acceptors (Lipinski definition) is 5. The van der Waals surface area contributed by atoms with Crippen molar-refractivity contribution in [1.29, 1.82) is 0 Å². The van der Waals surface area contributed by atoms with Crippen molar-refractivity contribution in [2.24, 2.45) is 0 Å². The second-order valence-corrected chi connectivity index (χ2v) is 6.45. The maximum absolute atomic E-state index is 13.2. The monoisotopic (exact) mass is 378 g/mol. The lowest BCUT2D eigenvalue weighted by molar-refractivity contribution is 0.0651. The second-order valence-electron chi connectivity index (χ2n) is 6.45. The summed E-state index contributed by atoms with van der Waals surface area (Å²) in [6.07, 6.45) is 1.25. The lowest BCUT2D eigenvalue weighted by Gasteiger charge is -2.37. The zero-order chi connectivity index (χ0) is 19.5. The third-order valence-electron chi connectivity index (χ3n) is 4.73. The van der Waals surface area contributed by atoms with Gasteiger partial charge in [-0.05, 0) is 48.9 Å². The number of rotatable bonds is 6. The van der Waals surface area contributed by atoms with Gasteiger partial charge in [0.1, 0.15) is 11.9 Å². The number of para-hydroxylation sites is 1. The summed E-state index contributed by atoms with van der Waals surface area (Å²) < 4.78 is 16.6. The van der Waals surface area contributed by atoms with Crippen LogP contribution in [0.1, 0.15) is 34.8 Å². The number of nitrogens with one attached hydrogen (secondary N) is 1. The highest BCUT2D eigenvalue weighted by Crippen LogP contribution is 2.37. The molecule has 1 aliphatic rings. The Kier molecular flexibility index (Phi) is 4.93. The molecule has 1 aliphatic heterocycles. The number of hydrogen-bond donors (Lipinski definition) is 1. The Bertz CT molecular complexity index is 968. The van der Waals surface area contributed by atoms with Gasteiger partial charge in [0.15, 0.2) is 11.5 Å². The third-order valence-corrected chi connectivity index (χ3v) is 4.73. The van der Waals surface area contributed by atoms with Crippen LogP contribution in [0.2, 0.25) is 0 Å². The number of fused-ring (bicyclic) bond motifs is 1. The maximum Gasteiger partial charge on any atom is 0.258 e. The number of amides is 1. The molecule has 3 aromatic rings. The van der Waals surface area contributed by atoms with Gasteiger partial charge in [-0.25, -0.2) is 0 Å². The molecular weight excluding hydrogens is 356 g/mol. The molecule has 6 nitrogen and oxygen atoms in total. The standard InChI is InChI=1S/C22H22N2O4/c1-3-27-19-11-10-15(13-20(19)26-2)21-23-18-9-5-4-8-17(18)22(25)24(21)14-16-7-6-12-28-16/h4-13,21,23H,3,14H2,1-2H3/t21-/m1/s1. The summed E-state index contributed by atoms with van der Waals surface area (Å²) in [5.41, 5.74) is 2.35. The Labute approximate surface area is 163 Å². The highest BCUT2D eigenvalue weighted by molar-refractivity contribution is 6.01. The quantitative estimate of drug-likeness (QED) is 0.686. The molecule has 0 unspecified atom stereocenters. The molecule has 144 valence electrons. The first-order chi connectivity index (χ1) is 13.7. The van der Waals surface area contributed by atoms with Crippen LogP contribution >= 0.6 is 0 Å². The molecule has 2 aromatic carbocycles. The summed E-state index contributed by atoms with van der Waals surface area (Å²) in [4.78, 5) is 15.0. The fourth-order valence-electron chi connectivity index (χ4n) is 3.42. The summed E-state index contributed by atoms with van der Waals surface area (Å²) in [5.74, 6) is 1.97. The van der Waals surface area contributed by atoms with Crippen molar-refractivity contribution in [3.8, 4) is 11.5 Å². The van der Waals surface area contributed by atoms with Crippen LogP contribution < -0.4 is 14.8 Å². The summed E-state index contributed by atoms with van der Waals surface area (Å²) >= 11 is 0. The van der Waals surface area contributed by atoms with E-state index in [1.807, 2.05) is 61.5 Å². The van der Waals surface area contributed by atoms with Gasteiger partial charge in [-0.3, -0.25) is 4.79 Å². The van der Waals surface area contributed by atoms with Crippen molar-refractivity contribution >= 4 is 11.6 Å². The normalized spacial score (nSPS) is 15.7. The van der Waals surface area contributed by atoms with Crippen molar-refractivity contribution in [3.05, 3.63) is 77.7 Å². The third kappa shape index (κ3) is 3.29. The van der Waals surface area contributed by atoms with Crippen LogP contribution in [0, 0.1) is 0 Å². The van der Waals surface area contributed by atoms with E-state index in [1.165, 1.54) is 0 Å². The number of carbonyl (C=O) groups is 1. The molecule has 0 saturated carbocycles. The molecule has 1 amide bonds. The average molecular weight is 378 g/mol. The Hall–Kier alpha value is -3.41. The van der Waals surface area contributed by atoms with Crippen LogP contribution in [0.3, 0.4) is 0 Å². The van der Waals surface area contributed by atoms with Crippen LogP contribution in [0.5, 0.6) is 11.5 Å². The van der Waals surface area contributed by atoms with Gasteiger partial charge in [-0.2, -0.15) is 0 Å². The van der Waals surface area contributed by atoms with Crippen LogP contribution in [0.25, 0.3) is 0 Å². The average Bonchev–Trinajstić information content (AvgIpc) is 3.24. The van der Waals surface area contributed by atoms with Crippen molar-refractivity contribution in [2.75, 3.05) is 19.0 Å². The number of benzene rings is 2. The Morgan fingerprint density at radius 2 is 1.96 bits per heavy atom. The molecule has 0 aliphatic carbocycles. The van der Waals surface area contributed by atoms with Crippen molar-refractivity contribution in [3.63, 3.8) is 0 Å². The SMILES string of the molecule is CCOc1ccc([C@@H]2Nc3ccccc3C(=O)N2Cc2ccco2)cc1OC. The molecule has 4 rings (SSSR count). The smallest absolute Gasteiger partial charge is 0.258 e. The number of furan rings is 1. The Morgan fingerprint density at radius 3 is 2.71 bits per heavy atom. The van der Waals surface area contributed by atoms with Crippen LogP contribution in [0.15, 0.2) is 65.3 Å². The van der Waals surface area contributed by atoms with Crippen molar-refractivity contribution < 1.29 is 18.7 Å². The van der Waals surface area contributed by atoms with Crippen LogP contribution in [-0.2, 0) is 6.54 Å². The van der Waals surface area contributed by atoms with E-state index in [1.54, 1.807) is 18.3 Å². The molecule has 0 spiro atoms. The topological polar surface area (TPSA) is 63.9 Å². The summed E-state index contributed by atoms with van der Waals surface area (Å²) in [7, 11) is 1.61. The number of anilines is 1. The van der Waals surface area contributed by atoms with E-state index in [9.17, 15) is 4.79 Å². The molecule has 0 radical (unpaired) electrons. The number of carbonyl (C=O) groups excluding carboxylic acids is 1. The van der Waals surface area contributed by atoms with E-state index < -0.39 is 0 Å².